The van der Waals surface area contributed by atoms with Crippen molar-refractivity contribution in [2.45, 2.75) is 45.8 Å². The summed E-state index contributed by atoms with van der Waals surface area (Å²) in [6.45, 7) is 11.0. The lowest BCUT2D eigenvalue weighted by Gasteiger charge is -2.39. The molecule has 1 aliphatic heterocycles. The fourth-order valence-electron chi connectivity index (χ4n) is 2.18. The highest BCUT2D eigenvalue weighted by molar-refractivity contribution is 8.00. The zero-order chi connectivity index (χ0) is 14.8. The maximum atomic E-state index is 12.4. The molecule has 0 bridgehead atoms. The van der Waals surface area contributed by atoms with E-state index in [1.54, 1.807) is 6.92 Å². The zero-order valence-electron chi connectivity index (χ0n) is 12.5. The van der Waals surface area contributed by atoms with E-state index in [1.807, 2.05) is 30.5 Å². The van der Waals surface area contributed by atoms with E-state index in [0.29, 0.717) is 6.54 Å². The van der Waals surface area contributed by atoms with E-state index >= 15 is 0 Å². The molecule has 1 atom stereocenters. The highest BCUT2D eigenvalue weighted by Crippen LogP contribution is 2.34. The number of carbonyl (C=O) groups excluding carboxylic acids is 1. The van der Waals surface area contributed by atoms with Crippen molar-refractivity contribution in [3.8, 4) is 0 Å². The number of carbonyl (C=O) groups is 2. The van der Waals surface area contributed by atoms with Gasteiger partial charge in [0.2, 0.25) is 5.91 Å². The van der Waals surface area contributed by atoms with Gasteiger partial charge in [0.15, 0.2) is 0 Å². The molecular weight excluding hydrogens is 262 g/mol. The van der Waals surface area contributed by atoms with E-state index in [2.05, 4.69) is 13.8 Å². The van der Waals surface area contributed by atoms with E-state index in [-0.39, 0.29) is 23.0 Å². The number of carboxylic acids is 1. The second-order valence-electron chi connectivity index (χ2n) is 6.48. The fraction of sp³-hybridized carbons (Fsp3) is 0.857. The van der Waals surface area contributed by atoms with Crippen molar-refractivity contribution >= 4 is 23.6 Å². The molecule has 1 amide bonds. The maximum absolute atomic E-state index is 12.4. The second kappa shape index (κ2) is 5.73. The first-order chi connectivity index (χ1) is 8.58. The summed E-state index contributed by atoms with van der Waals surface area (Å²) in [5.74, 6) is -0.0703. The average molecular weight is 287 g/mol. The van der Waals surface area contributed by atoms with Gasteiger partial charge in [0.25, 0.3) is 0 Å². The van der Waals surface area contributed by atoms with Gasteiger partial charge < -0.3 is 10.0 Å². The summed E-state index contributed by atoms with van der Waals surface area (Å²) >= 11 is 1.86. The molecule has 0 aliphatic carbocycles. The van der Waals surface area contributed by atoms with Crippen LogP contribution in [0.5, 0.6) is 0 Å². The molecule has 0 saturated carbocycles. The molecule has 1 fully saturated rings. The van der Waals surface area contributed by atoms with Crippen LogP contribution in [0.15, 0.2) is 0 Å². The van der Waals surface area contributed by atoms with E-state index < -0.39 is 11.4 Å². The highest BCUT2D eigenvalue weighted by Gasteiger charge is 2.41. The van der Waals surface area contributed by atoms with Crippen LogP contribution in [0, 0.1) is 11.3 Å². The molecule has 0 aromatic carbocycles. The summed E-state index contributed by atoms with van der Waals surface area (Å²) in [6.07, 6.45) is 0.0841. The normalized spacial score (nSPS) is 22.1. The Morgan fingerprint density at radius 1 is 1.42 bits per heavy atom. The molecule has 1 unspecified atom stereocenters. The molecule has 1 aliphatic rings. The third-order valence-corrected chi connectivity index (χ3v) is 5.36. The molecule has 0 spiro atoms. The van der Waals surface area contributed by atoms with Gasteiger partial charge in [-0.25, -0.2) is 0 Å². The third kappa shape index (κ3) is 3.88. The first-order valence-electron chi connectivity index (χ1n) is 6.73. The SMILES string of the molecule is CC(C)C(C)(CC(=O)N1CCSC(C)(C)C1)C(=O)O. The highest BCUT2D eigenvalue weighted by atomic mass is 32.2. The van der Waals surface area contributed by atoms with Crippen molar-refractivity contribution < 1.29 is 14.7 Å². The van der Waals surface area contributed by atoms with Crippen LogP contribution in [0.2, 0.25) is 0 Å². The van der Waals surface area contributed by atoms with Crippen LogP contribution < -0.4 is 0 Å². The molecule has 1 rings (SSSR count). The second-order valence-corrected chi connectivity index (χ2v) is 8.28. The molecule has 1 N–H and O–H groups in total. The third-order valence-electron chi connectivity index (χ3n) is 4.06. The van der Waals surface area contributed by atoms with Gasteiger partial charge in [-0.2, -0.15) is 11.8 Å². The lowest BCUT2D eigenvalue weighted by Crippen LogP contribution is -2.48. The quantitative estimate of drug-likeness (QED) is 0.863. The lowest BCUT2D eigenvalue weighted by atomic mass is 9.76. The molecule has 0 aromatic rings. The first-order valence-corrected chi connectivity index (χ1v) is 7.72. The topological polar surface area (TPSA) is 57.6 Å². The van der Waals surface area contributed by atoms with Crippen LogP contribution in [-0.2, 0) is 9.59 Å². The Bertz CT molecular complexity index is 368. The predicted molar refractivity (Wildman–Crippen MR) is 78.3 cm³/mol. The number of carboxylic acid groups (broad SMARTS) is 1. The summed E-state index contributed by atoms with van der Waals surface area (Å²) in [5.41, 5.74) is -0.980. The molecular formula is C14H25NO3S. The fourth-order valence-corrected chi connectivity index (χ4v) is 3.29. The van der Waals surface area contributed by atoms with Crippen LogP contribution >= 0.6 is 11.8 Å². The molecule has 0 radical (unpaired) electrons. The Morgan fingerprint density at radius 3 is 2.42 bits per heavy atom. The van der Waals surface area contributed by atoms with Crippen LogP contribution in [0.4, 0.5) is 0 Å². The smallest absolute Gasteiger partial charge is 0.310 e. The van der Waals surface area contributed by atoms with Gasteiger partial charge in [0.05, 0.1) is 5.41 Å². The Kier molecular flexibility index (Phi) is 4.93. The standard InChI is InChI=1S/C14H25NO3S/c1-10(2)14(5,12(17)18)8-11(16)15-6-7-19-13(3,4)9-15/h10H,6-9H2,1-5H3,(H,17,18). The van der Waals surface area contributed by atoms with E-state index in [1.165, 1.54) is 0 Å². The van der Waals surface area contributed by atoms with Crippen molar-refractivity contribution in [3.63, 3.8) is 0 Å². The Labute approximate surface area is 119 Å². The number of thioether (sulfide) groups is 1. The Hall–Kier alpha value is -0.710. The van der Waals surface area contributed by atoms with Gasteiger partial charge in [0, 0.05) is 30.0 Å². The summed E-state index contributed by atoms with van der Waals surface area (Å²) in [7, 11) is 0. The molecule has 0 aromatic heterocycles. The summed E-state index contributed by atoms with van der Waals surface area (Å²) in [5, 5.41) is 9.38. The van der Waals surface area contributed by atoms with Gasteiger partial charge in [-0.05, 0) is 26.7 Å². The van der Waals surface area contributed by atoms with Crippen LogP contribution in [0.3, 0.4) is 0 Å². The van der Waals surface area contributed by atoms with Gasteiger partial charge in [-0.1, -0.05) is 13.8 Å². The van der Waals surface area contributed by atoms with E-state index in [0.717, 1.165) is 12.3 Å². The number of hydrogen-bond donors (Lipinski definition) is 1. The van der Waals surface area contributed by atoms with Crippen LogP contribution in [0.25, 0.3) is 0 Å². The van der Waals surface area contributed by atoms with Crippen molar-refractivity contribution in [1.82, 2.24) is 4.90 Å². The minimum Gasteiger partial charge on any atom is -0.481 e. The van der Waals surface area contributed by atoms with E-state index in [9.17, 15) is 14.7 Å². The molecule has 110 valence electrons. The van der Waals surface area contributed by atoms with Crippen LogP contribution in [0.1, 0.15) is 41.0 Å². The van der Waals surface area contributed by atoms with Gasteiger partial charge >= 0.3 is 5.97 Å². The van der Waals surface area contributed by atoms with Gasteiger partial charge in [-0.15, -0.1) is 0 Å². The van der Waals surface area contributed by atoms with Crippen LogP contribution in [-0.4, -0.2) is 45.5 Å². The first kappa shape index (κ1) is 16.3. The molecule has 1 heterocycles. The summed E-state index contributed by atoms with van der Waals surface area (Å²) < 4.78 is 0.0609. The molecule has 19 heavy (non-hydrogen) atoms. The monoisotopic (exact) mass is 287 g/mol. The van der Waals surface area contributed by atoms with E-state index in [4.69, 9.17) is 0 Å². The summed E-state index contributed by atoms with van der Waals surface area (Å²) in [6, 6.07) is 0. The Morgan fingerprint density at radius 2 is 2.00 bits per heavy atom. The number of hydrogen-bond acceptors (Lipinski definition) is 3. The lowest BCUT2D eigenvalue weighted by molar-refractivity contribution is -0.155. The number of aliphatic carboxylic acids is 1. The number of amides is 1. The average Bonchev–Trinajstić information content (AvgIpc) is 2.26. The zero-order valence-corrected chi connectivity index (χ0v) is 13.3. The summed E-state index contributed by atoms with van der Waals surface area (Å²) in [4.78, 5) is 25.6. The minimum absolute atomic E-state index is 0.0352. The molecule has 4 nitrogen and oxygen atoms in total. The predicted octanol–water partition coefficient (Wildman–Crippen LogP) is 2.48. The van der Waals surface area contributed by atoms with Gasteiger partial charge in [-0.3, -0.25) is 9.59 Å². The van der Waals surface area contributed by atoms with Crippen molar-refractivity contribution in [1.29, 1.82) is 0 Å². The largest absolute Gasteiger partial charge is 0.481 e. The maximum Gasteiger partial charge on any atom is 0.310 e. The van der Waals surface area contributed by atoms with Crippen molar-refractivity contribution in [2.75, 3.05) is 18.8 Å². The molecule has 5 heteroatoms. The van der Waals surface area contributed by atoms with Gasteiger partial charge in [0.1, 0.15) is 0 Å². The van der Waals surface area contributed by atoms with Crippen molar-refractivity contribution in [2.24, 2.45) is 11.3 Å². The number of nitrogens with zero attached hydrogens (tertiary/aromatic N) is 1. The number of rotatable bonds is 4. The minimum atomic E-state index is -0.980. The molecule has 1 saturated heterocycles. The Balaban J connectivity index is 2.76. The van der Waals surface area contributed by atoms with Crippen molar-refractivity contribution in [3.05, 3.63) is 0 Å².